The summed E-state index contributed by atoms with van der Waals surface area (Å²) >= 11 is 0. The third-order valence-corrected chi connectivity index (χ3v) is 0.736. The zero-order valence-corrected chi connectivity index (χ0v) is 5.24. The fourth-order valence-corrected chi connectivity index (χ4v) is 0.403. The van der Waals surface area contributed by atoms with Crippen LogP contribution in [0.15, 0.2) is 22.8 Å². The second-order valence-electron chi connectivity index (χ2n) is 1.24. The molecular weight excluding hydrogens is 120 g/mol. The van der Waals surface area contributed by atoms with Gasteiger partial charge in [0.1, 0.15) is 12.4 Å². The average Bonchev–Trinajstić information content (AvgIpc) is 2.43. The van der Waals surface area contributed by atoms with Crippen LogP contribution < -0.4 is 0 Å². The van der Waals surface area contributed by atoms with Gasteiger partial charge in [0.15, 0.2) is 0 Å². The van der Waals surface area contributed by atoms with E-state index in [1.807, 2.05) is 0 Å². The van der Waals surface area contributed by atoms with Crippen LogP contribution in [-0.2, 0) is 6.61 Å². The van der Waals surface area contributed by atoms with E-state index in [0.29, 0.717) is 5.76 Å². The fourth-order valence-electron chi connectivity index (χ4n) is 0.403. The van der Waals surface area contributed by atoms with Crippen molar-refractivity contribution in [3.8, 4) is 0 Å². The Morgan fingerprint density at radius 2 is 2.22 bits per heavy atom. The fraction of sp³-hybridized carbons (Fsp3) is 0.333. The number of aliphatic hydroxyl groups excluding tert-OH is 2. The first-order valence-electron chi connectivity index (χ1n) is 2.51. The van der Waals surface area contributed by atoms with E-state index in [9.17, 15) is 0 Å². The summed E-state index contributed by atoms with van der Waals surface area (Å²) in [5.74, 6) is 0.611. The number of hydrogen-bond donors (Lipinski definition) is 2. The maximum atomic E-state index is 8.33. The predicted octanol–water partition coefficient (Wildman–Crippen LogP) is 0.380. The Kier molecular flexibility index (Phi) is 4.86. The molecule has 9 heavy (non-hydrogen) atoms. The first-order valence-corrected chi connectivity index (χ1v) is 2.51. The Balaban J connectivity index is 0.000000291. The molecule has 0 fully saturated rings. The molecule has 1 heterocycles. The van der Waals surface area contributed by atoms with Gasteiger partial charge in [-0.15, -0.1) is 0 Å². The van der Waals surface area contributed by atoms with Gasteiger partial charge in [0, 0.05) is 7.11 Å². The lowest BCUT2D eigenvalue weighted by atomic mass is 10.5. The second-order valence-corrected chi connectivity index (χ2v) is 1.24. The van der Waals surface area contributed by atoms with Crippen molar-refractivity contribution in [3.63, 3.8) is 0 Å². The van der Waals surface area contributed by atoms with Crippen LogP contribution in [0.3, 0.4) is 0 Å². The lowest BCUT2D eigenvalue weighted by Crippen LogP contribution is -1.72. The molecule has 0 radical (unpaired) electrons. The van der Waals surface area contributed by atoms with Crippen LogP contribution in [0.1, 0.15) is 5.76 Å². The first kappa shape index (κ1) is 8.20. The minimum Gasteiger partial charge on any atom is -0.467 e. The van der Waals surface area contributed by atoms with Gasteiger partial charge in [0.25, 0.3) is 0 Å². The van der Waals surface area contributed by atoms with Gasteiger partial charge in [-0.3, -0.25) is 0 Å². The van der Waals surface area contributed by atoms with Gasteiger partial charge in [-0.1, -0.05) is 0 Å². The largest absolute Gasteiger partial charge is 0.467 e. The van der Waals surface area contributed by atoms with Gasteiger partial charge in [0.05, 0.1) is 6.26 Å². The standard InChI is InChI=1S/C5H6O2.CH4O/c6-4-5-2-1-3-7-5;1-2/h1-3,6H,4H2;2H,1H3. The zero-order valence-electron chi connectivity index (χ0n) is 5.24. The van der Waals surface area contributed by atoms with Gasteiger partial charge in [0.2, 0.25) is 0 Å². The third-order valence-electron chi connectivity index (χ3n) is 0.736. The van der Waals surface area contributed by atoms with Crippen molar-refractivity contribution < 1.29 is 14.6 Å². The number of aliphatic hydroxyl groups is 2. The highest BCUT2D eigenvalue weighted by molar-refractivity contribution is 4.95. The Hall–Kier alpha value is -0.800. The third kappa shape index (κ3) is 2.90. The summed E-state index contributed by atoms with van der Waals surface area (Å²) in [6.45, 7) is -0.00694. The highest BCUT2D eigenvalue weighted by Crippen LogP contribution is 1.96. The molecule has 1 rings (SSSR count). The Morgan fingerprint density at radius 1 is 1.56 bits per heavy atom. The Morgan fingerprint density at radius 3 is 2.44 bits per heavy atom. The highest BCUT2D eigenvalue weighted by atomic mass is 16.4. The predicted molar refractivity (Wildman–Crippen MR) is 32.8 cm³/mol. The number of hydrogen-bond acceptors (Lipinski definition) is 3. The van der Waals surface area contributed by atoms with Crippen LogP contribution in [-0.4, -0.2) is 17.3 Å². The SMILES string of the molecule is CO.OCc1ccco1. The van der Waals surface area contributed by atoms with Crippen molar-refractivity contribution in [2.75, 3.05) is 7.11 Å². The van der Waals surface area contributed by atoms with Crippen molar-refractivity contribution >= 4 is 0 Å². The molecule has 1 aromatic rings. The first-order chi connectivity index (χ1) is 4.43. The molecule has 0 spiro atoms. The molecule has 0 saturated carbocycles. The van der Waals surface area contributed by atoms with E-state index in [-0.39, 0.29) is 6.61 Å². The van der Waals surface area contributed by atoms with Gasteiger partial charge in [-0.25, -0.2) is 0 Å². The molecule has 0 aliphatic rings. The van der Waals surface area contributed by atoms with Crippen molar-refractivity contribution in [1.82, 2.24) is 0 Å². The quantitative estimate of drug-likeness (QED) is 0.577. The molecule has 3 nitrogen and oxygen atoms in total. The zero-order chi connectivity index (χ0) is 7.11. The van der Waals surface area contributed by atoms with Crippen LogP contribution in [0.2, 0.25) is 0 Å². The second kappa shape index (κ2) is 5.34. The summed E-state index contributed by atoms with van der Waals surface area (Å²) in [4.78, 5) is 0. The molecule has 2 N–H and O–H groups in total. The van der Waals surface area contributed by atoms with Crippen LogP contribution in [0.5, 0.6) is 0 Å². The van der Waals surface area contributed by atoms with Crippen LogP contribution in [0.25, 0.3) is 0 Å². The summed E-state index contributed by atoms with van der Waals surface area (Å²) in [6, 6.07) is 3.46. The van der Waals surface area contributed by atoms with Crippen molar-refractivity contribution in [1.29, 1.82) is 0 Å². The Bertz CT molecular complexity index is 123. The molecule has 0 aromatic carbocycles. The van der Waals surface area contributed by atoms with E-state index >= 15 is 0 Å². The van der Waals surface area contributed by atoms with Crippen molar-refractivity contribution in [2.24, 2.45) is 0 Å². The normalized spacial score (nSPS) is 7.89. The van der Waals surface area contributed by atoms with E-state index in [2.05, 4.69) is 0 Å². The maximum absolute atomic E-state index is 8.33. The molecule has 52 valence electrons. The van der Waals surface area contributed by atoms with Crippen molar-refractivity contribution in [2.45, 2.75) is 6.61 Å². The Labute approximate surface area is 53.5 Å². The molecule has 0 aliphatic carbocycles. The van der Waals surface area contributed by atoms with E-state index in [4.69, 9.17) is 14.6 Å². The summed E-state index contributed by atoms with van der Waals surface area (Å²) in [5.41, 5.74) is 0. The minimum absolute atomic E-state index is 0.00694. The summed E-state index contributed by atoms with van der Waals surface area (Å²) in [7, 11) is 1.00. The van der Waals surface area contributed by atoms with Gasteiger partial charge in [-0.05, 0) is 12.1 Å². The molecule has 0 bridgehead atoms. The van der Waals surface area contributed by atoms with Gasteiger partial charge in [-0.2, -0.15) is 0 Å². The number of furan rings is 1. The van der Waals surface area contributed by atoms with Crippen LogP contribution in [0, 0.1) is 0 Å². The topological polar surface area (TPSA) is 53.6 Å². The average molecular weight is 130 g/mol. The monoisotopic (exact) mass is 130 g/mol. The minimum atomic E-state index is -0.00694. The molecule has 0 unspecified atom stereocenters. The summed E-state index contributed by atoms with van der Waals surface area (Å²) < 4.78 is 4.73. The van der Waals surface area contributed by atoms with E-state index in [0.717, 1.165) is 7.11 Å². The lowest BCUT2D eigenvalue weighted by molar-refractivity contribution is 0.247. The van der Waals surface area contributed by atoms with E-state index in [1.165, 1.54) is 6.26 Å². The summed E-state index contributed by atoms with van der Waals surface area (Å²) in [5, 5.41) is 15.3. The summed E-state index contributed by atoms with van der Waals surface area (Å²) in [6.07, 6.45) is 1.53. The van der Waals surface area contributed by atoms with Gasteiger partial charge < -0.3 is 14.6 Å². The van der Waals surface area contributed by atoms with Gasteiger partial charge >= 0.3 is 0 Å². The van der Waals surface area contributed by atoms with Crippen LogP contribution in [0.4, 0.5) is 0 Å². The van der Waals surface area contributed by atoms with E-state index in [1.54, 1.807) is 12.1 Å². The molecule has 0 aliphatic heterocycles. The molecule has 0 amide bonds. The molecular formula is C6H10O3. The van der Waals surface area contributed by atoms with E-state index < -0.39 is 0 Å². The lowest BCUT2D eigenvalue weighted by Gasteiger charge is -1.79. The van der Waals surface area contributed by atoms with Crippen LogP contribution >= 0.6 is 0 Å². The molecule has 0 saturated heterocycles. The number of rotatable bonds is 1. The molecule has 1 aromatic heterocycles. The highest BCUT2D eigenvalue weighted by Gasteiger charge is 1.85. The smallest absolute Gasteiger partial charge is 0.129 e. The molecule has 0 atom stereocenters. The molecule has 3 heteroatoms. The maximum Gasteiger partial charge on any atom is 0.129 e. The van der Waals surface area contributed by atoms with Crippen molar-refractivity contribution in [3.05, 3.63) is 24.2 Å².